The van der Waals surface area contributed by atoms with E-state index in [1.807, 2.05) is 25.3 Å². The first-order chi connectivity index (χ1) is 6.42. The molecule has 0 N–H and O–H groups in total. The van der Waals surface area contributed by atoms with Gasteiger partial charge in [-0.3, -0.25) is 0 Å². The quantitative estimate of drug-likeness (QED) is 0.611. The summed E-state index contributed by atoms with van der Waals surface area (Å²) in [7, 11) is 1.72. The zero-order valence-corrected chi connectivity index (χ0v) is 10.3. The predicted octanol–water partition coefficient (Wildman–Crippen LogP) is 2.79. The van der Waals surface area contributed by atoms with Crippen molar-refractivity contribution in [1.82, 2.24) is 0 Å². The van der Waals surface area contributed by atoms with E-state index < -0.39 is 9.05 Å². The number of aryl methyl sites for hydroxylation is 1. The van der Waals surface area contributed by atoms with Crippen LogP contribution in [0.4, 0.5) is 0 Å². The van der Waals surface area contributed by atoms with Crippen molar-refractivity contribution in [2.24, 2.45) is 0 Å². The van der Waals surface area contributed by atoms with Gasteiger partial charge in [0.15, 0.2) is 0 Å². The van der Waals surface area contributed by atoms with Crippen LogP contribution in [-0.2, 0) is 14.8 Å². The van der Waals surface area contributed by atoms with Crippen LogP contribution < -0.4 is 0 Å². The molecule has 0 aliphatic rings. The predicted molar refractivity (Wildman–Crippen MR) is 61.4 cm³/mol. The average Bonchev–Trinajstić information content (AvgIpc) is 2.06. The fourth-order valence-electron chi connectivity index (χ4n) is 1.15. The first-order valence-corrected chi connectivity index (χ1v) is 7.68. The van der Waals surface area contributed by atoms with Gasteiger partial charge >= 0.3 is 0 Å². The fourth-order valence-corrected chi connectivity index (χ4v) is 2.77. The van der Waals surface area contributed by atoms with Crippen LogP contribution in [0.2, 0.25) is 0 Å². The van der Waals surface area contributed by atoms with Crippen LogP contribution in [0.1, 0.15) is 11.1 Å². The number of benzene rings is 1. The van der Waals surface area contributed by atoms with Gasteiger partial charge in [-0.2, -0.15) is 0 Å². The fraction of sp³-hybridized carbons (Fsp3) is 0.333. The van der Waals surface area contributed by atoms with Crippen LogP contribution in [0.3, 0.4) is 0 Å². The van der Waals surface area contributed by atoms with E-state index in [4.69, 9.17) is 10.7 Å². The lowest BCUT2D eigenvalue weighted by molar-refractivity contribution is 0.609. The van der Waals surface area contributed by atoms with Gasteiger partial charge in [-0.25, -0.2) is 8.42 Å². The largest absolute Gasteiger partial charge is 0.236 e. The van der Waals surface area contributed by atoms with E-state index in [2.05, 4.69) is 0 Å². The molecule has 0 saturated carbocycles. The molecule has 1 aromatic carbocycles. The molecule has 0 radical (unpaired) electrons. The van der Waals surface area contributed by atoms with Crippen molar-refractivity contribution in [3.8, 4) is 0 Å². The van der Waals surface area contributed by atoms with E-state index in [9.17, 15) is 8.42 Å². The summed E-state index contributed by atoms with van der Waals surface area (Å²) in [5.74, 6) is -0.109. The molecule has 0 aliphatic carbocycles. The van der Waals surface area contributed by atoms with Crippen molar-refractivity contribution in [2.45, 2.75) is 17.6 Å². The Labute approximate surface area is 93.1 Å². The van der Waals surface area contributed by atoms with Crippen LogP contribution in [0.15, 0.2) is 23.1 Å². The second kappa shape index (κ2) is 4.55. The first kappa shape index (κ1) is 11.9. The molecule has 78 valence electrons. The van der Waals surface area contributed by atoms with Gasteiger partial charge in [0.25, 0.3) is 0 Å². The molecule has 0 bridgehead atoms. The monoisotopic (exact) mass is 250 g/mol. The summed E-state index contributed by atoms with van der Waals surface area (Å²) in [4.78, 5) is 1.09. The third kappa shape index (κ3) is 3.52. The summed E-state index contributed by atoms with van der Waals surface area (Å²) in [6.07, 6.45) is 1.96. The Balaban J connectivity index is 3.01. The van der Waals surface area contributed by atoms with Crippen molar-refractivity contribution in [1.29, 1.82) is 0 Å². The van der Waals surface area contributed by atoms with Crippen molar-refractivity contribution in [3.05, 3.63) is 29.3 Å². The topological polar surface area (TPSA) is 34.1 Å². The van der Waals surface area contributed by atoms with Crippen LogP contribution in [0, 0.1) is 6.92 Å². The Morgan fingerprint density at radius 3 is 2.57 bits per heavy atom. The molecular weight excluding hydrogens is 240 g/mol. The highest BCUT2D eigenvalue weighted by Gasteiger charge is 2.08. The molecule has 0 spiro atoms. The zero-order valence-electron chi connectivity index (χ0n) is 7.95. The second-order valence-electron chi connectivity index (χ2n) is 2.99. The standard InChI is InChI=1S/C9H11ClO2S2/c1-7-3-4-8(5-9(7)13-2)6-14(10,11)12/h3-5H,6H2,1-2H3. The highest BCUT2D eigenvalue weighted by molar-refractivity contribution is 8.13. The minimum Gasteiger partial charge on any atom is -0.212 e. The highest BCUT2D eigenvalue weighted by Crippen LogP contribution is 2.22. The Kier molecular flexibility index (Phi) is 3.86. The molecule has 0 atom stereocenters. The maximum absolute atomic E-state index is 10.8. The summed E-state index contributed by atoms with van der Waals surface area (Å²) in [6.45, 7) is 1.99. The van der Waals surface area contributed by atoms with Crippen LogP contribution >= 0.6 is 22.4 Å². The van der Waals surface area contributed by atoms with E-state index in [1.54, 1.807) is 17.8 Å². The molecule has 0 aromatic heterocycles. The molecule has 0 heterocycles. The first-order valence-electron chi connectivity index (χ1n) is 3.98. The van der Waals surface area contributed by atoms with Crippen molar-refractivity contribution >= 4 is 31.5 Å². The summed E-state index contributed by atoms with van der Waals surface area (Å²) >= 11 is 1.60. The molecule has 1 rings (SSSR count). The number of rotatable bonds is 3. The summed E-state index contributed by atoms with van der Waals surface area (Å²) in [5, 5.41) is 0. The molecule has 0 unspecified atom stereocenters. The second-order valence-corrected chi connectivity index (χ2v) is 6.61. The molecule has 14 heavy (non-hydrogen) atoms. The maximum Gasteiger partial charge on any atom is 0.236 e. The molecule has 1 aromatic rings. The minimum absolute atomic E-state index is 0.109. The van der Waals surface area contributed by atoms with Gasteiger partial charge in [0.1, 0.15) is 0 Å². The van der Waals surface area contributed by atoms with Crippen molar-refractivity contribution < 1.29 is 8.42 Å². The van der Waals surface area contributed by atoms with E-state index in [-0.39, 0.29) is 5.75 Å². The van der Waals surface area contributed by atoms with Gasteiger partial charge in [-0.1, -0.05) is 12.1 Å². The number of halogens is 1. The Bertz CT molecular complexity index is 426. The van der Waals surface area contributed by atoms with Gasteiger partial charge in [-0.05, 0) is 30.4 Å². The van der Waals surface area contributed by atoms with Gasteiger partial charge < -0.3 is 0 Å². The van der Waals surface area contributed by atoms with Gasteiger partial charge in [-0.15, -0.1) is 11.8 Å². The van der Waals surface area contributed by atoms with E-state index >= 15 is 0 Å². The summed E-state index contributed by atoms with van der Waals surface area (Å²) in [5.41, 5.74) is 1.88. The molecule has 0 fully saturated rings. The number of hydrogen-bond donors (Lipinski definition) is 0. The van der Waals surface area contributed by atoms with Gasteiger partial charge in [0.05, 0.1) is 5.75 Å². The lowest BCUT2D eigenvalue weighted by Crippen LogP contribution is -1.95. The Morgan fingerprint density at radius 2 is 2.07 bits per heavy atom. The molecule has 0 saturated heterocycles. The highest BCUT2D eigenvalue weighted by atomic mass is 35.7. The molecule has 5 heteroatoms. The average molecular weight is 251 g/mol. The van der Waals surface area contributed by atoms with Gasteiger partial charge in [0, 0.05) is 15.6 Å². The minimum atomic E-state index is -3.45. The third-order valence-corrected chi connectivity index (χ3v) is 3.70. The number of thioether (sulfide) groups is 1. The van der Waals surface area contributed by atoms with E-state index in [1.165, 1.54) is 0 Å². The van der Waals surface area contributed by atoms with Gasteiger partial charge in [0.2, 0.25) is 9.05 Å². The van der Waals surface area contributed by atoms with Crippen LogP contribution in [0.25, 0.3) is 0 Å². The Morgan fingerprint density at radius 1 is 1.43 bits per heavy atom. The molecule has 2 nitrogen and oxygen atoms in total. The molecular formula is C9H11ClO2S2. The van der Waals surface area contributed by atoms with Crippen LogP contribution in [-0.4, -0.2) is 14.7 Å². The molecule has 0 amide bonds. The van der Waals surface area contributed by atoms with Crippen molar-refractivity contribution in [2.75, 3.05) is 6.26 Å². The van der Waals surface area contributed by atoms with E-state index in [0.29, 0.717) is 0 Å². The maximum atomic E-state index is 10.8. The van der Waals surface area contributed by atoms with E-state index in [0.717, 1.165) is 16.0 Å². The molecule has 0 aliphatic heterocycles. The normalized spacial score (nSPS) is 11.6. The van der Waals surface area contributed by atoms with Crippen molar-refractivity contribution in [3.63, 3.8) is 0 Å². The zero-order chi connectivity index (χ0) is 10.8. The summed E-state index contributed by atoms with van der Waals surface area (Å²) < 4.78 is 21.7. The lowest BCUT2D eigenvalue weighted by Gasteiger charge is -2.04. The smallest absolute Gasteiger partial charge is 0.212 e. The number of hydrogen-bond acceptors (Lipinski definition) is 3. The van der Waals surface area contributed by atoms with Crippen LogP contribution in [0.5, 0.6) is 0 Å². The summed E-state index contributed by atoms with van der Waals surface area (Å²) in [6, 6.07) is 5.55. The lowest BCUT2D eigenvalue weighted by atomic mass is 10.2. The Hall–Kier alpha value is -0.190. The third-order valence-electron chi connectivity index (χ3n) is 1.81. The SMILES string of the molecule is CSc1cc(CS(=O)(=O)Cl)ccc1C.